The molecule has 0 saturated carbocycles. The van der Waals surface area contributed by atoms with Gasteiger partial charge in [0.1, 0.15) is 10.6 Å². The van der Waals surface area contributed by atoms with E-state index in [4.69, 9.17) is 9.88 Å². The molecule has 7 nitrogen and oxygen atoms in total. The van der Waals surface area contributed by atoms with E-state index in [0.717, 1.165) is 0 Å². The molecule has 1 aromatic heterocycles. The Bertz CT molecular complexity index is 550. The maximum absolute atomic E-state index is 11.9. The van der Waals surface area contributed by atoms with Crippen molar-refractivity contribution in [1.82, 2.24) is 9.88 Å². The lowest BCUT2D eigenvalue weighted by atomic mass is 10.2. The number of aromatic nitrogens is 1. The third kappa shape index (κ3) is 4.34. The van der Waals surface area contributed by atoms with Gasteiger partial charge in [-0.05, 0) is 12.0 Å². The molecule has 19 heavy (non-hydrogen) atoms. The maximum atomic E-state index is 11.9. The second kappa shape index (κ2) is 6.18. The normalized spacial score (nSPS) is 13.3. The summed E-state index contributed by atoms with van der Waals surface area (Å²) in [5, 5.41) is 7.73. The highest BCUT2D eigenvalue weighted by atomic mass is 32.2. The summed E-state index contributed by atoms with van der Waals surface area (Å²) in [6.07, 6.45) is 1.31. The smallest absolute Gasteiger partial charge is 0.267 e. The van der Waals surface area contributed by atoms with E-state index in [1.807, 2.05) is 6.92 Å². The number of nitrogens with two attached hydrogens (primary N) is 1. The van der Waals surface area contributed by atoms with Crippen molar-refractivity contribution < 1.29 is 17.9 Å². The molecular weight excluding hydrogens is 270 g/mol. The highest BCUT2D eigenvalue weighted by Gasteiger charge is 2.17. The van der Waals surface area contributed by atoms with E-state index in [1.54, 1.807) is 14.2 Å². The first-order valence-corrected chi connectivity index (χ1v) is 7.26. The van der Waals surface area contributed by atoms with Crippen LogP contribution in [0.25, 0.3) is 0 Å². The summed E-state index contributed by atoms with van der Waals surface area (Å²) in [5.41, 5.74) is 0.244. The number of sulfonamides is 1. The molecular formula is C11H19N3O4S. The molecule has 1 atom stereocenters. The highest BCUT2D eigenvalue weighted by molar-refractivity contribution is 7.89. The summed E-state index contributed by atoms with van der Waals surface area (Å²) in [7, 11) is -0.622. The number of nitrogens with zero attached hydrogens (tertiary/aromatic N) is 1. The number of carbonyl (C=O) groups is 1. The Balaban J connectivity index is 2.75. The molecule has 0 spiro atoms. The van der Waals surface area contributed by atoms with Crippen LogP contribution in [0.1, 0.15) is 17.4 Å². The van der Waals surface area contributed by atoms with Gasteiger partial charge in [-0.15, -0.1) is 0 Å². The molecule has 1 heterocycles. The van der Waals surface area contributed by atoms with Crippen LogP contribution in [0.15, 0.2) is 17.2 Å². The number of hydrogen-bond donors (Lipinski definition) is 2. The van der Waals surface area contributed by atoms with E-state index < -0.39 is 10.0 Å². The summed E-state index contributed by atoms with van der Waals surface area (Å²) in [5.74, 6) is -0.174. The molecule has 0 saturated heterocycles. The van der Waals surface area contributed by atoms with Crippen LogP contribution in [-0.2, 0) is 21.8 Å². The lowest BCUT2D eigenvalue weighted by Gasteiger charge is -2.11. The Kier molecular flexibility index (Phi) is 5.10. The Morgan fingerprint density at radius 1 is 1.58 bits per heavy atom. The fraction of sp³-hybridized carbons (Fsp3) is 0.545. The quantitative estimate of drug-likeness (QED) is 0.749. The van der Waals surface area contributed by atoms with Gasteiger partial charge in [0.05, 0.1) is 6.61 Å². The van der Waals surface area contributed by atoms with Crippen LogP contribution in [-0.4, -0.2) is 39.2 Å². The first kappa shape index (κ1) is 15.7. The predicted octanol–water partition coefficient (Wildman–Crippen LogP) is -0.315. The minimum absolute atomic E-state index is 0.0786. The van der Waals surface area contributed by atoms with Gasteiger partial charge in [-0.2, -0.15) is 0 Å². The number of nitrogens with one attached hydrogen (secondary N) is 1. The Labute approximate surface area is 112 Å². The summed E-state index contributed by atoms with van der Waals surface area (Å²) in [4.78, 5) is 11.8. The lowest BCUT2D eigenvalue weighted by Crippen LogP contribution is -2.31. The second-order valence-electron chi connectivity index (χ2n) is 4.49. The van der Waals surface area contributed by atoms with Crippen molar-refractivity contribution in [1.29, 1.82) is 0 Å². The minimum atomic E-state index is -3.80. The highest BCUT2D eigenvalue weighted by Crippen LogP contribution is 2.11. The SMILES string of the molecule is COCC(C)CNC(=O)c1cc(S(N)(=O)=O)cn1C. The van der Waals surface area contributed by atoms with Gasteiger partial charge < -0.3 is 14.6 Å². The summed E-state index contributed by atoms with van der Waals surface area (Å²) >= 11 is 0. The zero-order chi connectivity index (χ0) is 14.6. The largest absolute Gasteiger partial charge is 0.384 e. The topological polar surface area (TPSA) is 103 Å². The van der Waals surface area contributed by atoms with Crippen molar-refractivity contribution in [2.45, 2.75) is 11.8 Å². The molecule has 3 N–H and O–H groups in total. The fourth-order valence-corrected chi connectivity index (χ4v) is 2.20. The Morgan fingerprint density at radius 3 is 2.68 bits per heavy atom. The van der Waals surface area contributed by atoms with Crippen LogP contribution in [0.5, 0.6) is 0 Å². The van der Waals surface area contributed by atoms with E-state index in [9.17, 15) is 13.2 Å². The molecule has 0 radical (unpaired) electrons. The van der Waals surface area contributed by atoms with E-state index >= 15 is 0 Å². The minimum Gasteiger partial charge on any atom is -0.384 e. The van der Waals surface area contributed by atoms with E-state index in [1.165, 1.54) is 16.8 Å². The Morgan fingerprint density at radius 2 is 2.21 bits per heavy atom. The number of aryl methyl sites for hydroxylation is 1. The van der Waals surface area contributed by atoms with Crippen molar-refractivity contribution in [3.8, 4) is 0 Å². The first-order chi connectivity index (χ1) is 8.75. The molecule has 0 aliphatic heterocycles. The van der Waals surface area contributed by atoms with Gasteiger partial charge in [0, 0.05) is 26.9 Å². The molecule has 1 aromatic rings. The molecule has 108 valence electrons. The van der Waals surface area contributed by atoms with Crippen LogP contribution < -0.4 is 10.5 Å². The van der Waals surface area contributed by atoms with Gasteiger partial charge >= 0.3 is 0 Å². The number of carbonyl (C=O) groups excluding carboxylic acids is 1. The lowest BCUT2D eigenvalue weighted by molar-refractivity contribution is 0.0926. The molecule has 0 aliphatic rings. The van der Waals surface area contributed by atoms with Gasteiger partial charge in [0.2, 0.25) is 10.0 Å². The zero-order valence-corrected chi connectivity index (χ0v) is 12.0. The number of hydrogen-bond acceptors (Lipinski definition) is 4. The second-order valence-corrected chi connectivity index (χ2v) is 6.05. The molecule has 0 aliphatic carbocycles. The predicted molar refractivity (Wildman–Crippen MR) is 70.2 cm³/mol. The van der Waals surface area contributed by atoms with Crippen molar-refractivity contribution in [2.75, 3.05) is 20.3 Å². The van der Waals surface area contributed by atoms with Crippen LogP contribution in [0.2, 0.25) is 0 Å². The van der Waals surface area contributed by atoms with Crippen molar-refractivity contribution in [2.24, 2.45) is 18.1 Å². The first-order valence-electron chi connectivity index (χ1n) is 5.72. The van der Waals surface area contributed by atoms with Gasteiger partial charge in [0.25, 0.3) is 5.91 Å². The third-order valence-electron chi connectivity index (χ3n) is 2.60. The maximum Gasteiger partial charge on any atom is 0.267 e. The number of primary sulfonamides is 1. The molecule has 1 amide bonds. The van der Waals surface area contributed by atoms with Crippen LogP contribution >= 0.6 is 0 Å². The molecule has 1 rings (SSSR count). The van der Waals surface area contributed by atoms with Crippen LogP contribution in [0, 0.1) is 5.92 Å². The fourth-order valence-electron chi connectivity index (χ4n) is 1.62. The van der Waals surface area contributed by atoms with E-state index in [2.05, 4.69) is 5.32 Å². The monoisotopic (exact) mass is 289 g/mol. The summed E-state index contributed by atoms with van der Waals surface area (Å²) in [6.45, 7) is 2.92. The van der Waals surface area contributed by atoms with Gasteiger partial charge in [-0.3, -0.25) is 4.79 Å². The van der Waals surface area contributed by atoms with Crippen molar-refractivity contribution in [3.63, 3.8) is 0 Å². The molecule has 0 bridgehead atoms. The third-order valence-corrected chi connectivity index (χ3v) is 3.48. The standard InChI is InChI=1S/C11H19N3O4S/c1-8(7-18-3)5-13-11(15)10-4-9(6-14(10)2)19(12,16)17/h4,6,8H,5,7H2,1-3H3,(H,13,15)(H2,12,16,17). The number of methoxy groups -OCH3 is 1. The summed E-state index contributed by atoms with van der Waals surface area (Å²) in [6, 6.07) is 1.26. The number of rotatable bonds is 6. The molecule has 8 heteroatoms. The average molecular weight is 289 g/mol. The molecule has 1 unspecified atom stereocenters. The van der Waals surface area contributed by atoms with E-state index in [0.29, 0.717) is 13.2 Å². The van der Waals surface area contributed by atoms with Gasteiger partial charge in [-0.25, -0.2) is 13.6 Å². The molecule has 0 aromatic carbocycles. The Hall–Kier alpha value is -1.38. The van der Waals surface area contributed by atoms with Crippen LogP contribution in [0.4, 0.5) is 0 Å². The number of amides is 1. The average Bonchev–Trinajstić information content (AvgIpc) is 2.68. The zero-order valence-electron chi connectivity index (χ0n) is 11.2. The van der Waals surface area contributed by atoms with Gasteiger partial charge in [-0.1, -0.05) is 6.92 Å². The van der Waals surface area contributed by atoms with Crippen molar-refractivity contribution in [3.05, 3.63) is 18.0 Å². The number of ether oxygens (including phenoxy) is 1. The van der Waals surface area contributed by atoms with Crippen molar-refractivity contribution >= 4 is 15.9 Å². The molecule has 0 fully saturated rings. The van der Waals surface area contributed by atoms with Crippen LogP contribution in [0.3, 0.4) is 0 Å². The van der Waals surface area contributed by atoms with Gasteiger partial charge in [0.15, 0.2) is 0 Å². The summed E-state index contributed by atoms with van der Waals surface area (Å²) < 4.78 is 28.8. The van der Waals surface area contributed by atoms with E-state index in [-0.39, 0.29) is 22.4 Å².